The van der Waals surface area contributed by atoms with Crippen molar-refractivity contribution in [2.24, 2.45) is 0 Å². The molecule has 1 aliphatic rings. The zero-order chi connectivity index (χ0) is 38.3. The quantitative estimate of drug-likeness (QED) is 0.163. The summed E-state index contributed by atoms with van der Waals surface area (Å²) in [6.45, 7) is 4.66. The number of nitrogens with zero attached hydrogens (tertiary/aromatic N) is 2. The number of fused-ring (bicyclic) bond motifs is 3. The number of benzene rings is 8. The maximum atomic E-state index is 5.18. The molecule has 10 rings (SSSR count). The normalized spacial score (nSPS) is 12.5. The Hall–Kier alpha value is -7.16. The van der Waals surface area contributed by atoms with Gasteiger partial charge in [-0.1, -0.05) is 196 Å². The van der Waals surface area contributed by atoms with E-state index in [2.05, 4.69) is 214 Å². The van der Waals surface area contributed by atoms with Crippen LogP contribution in [0.4, 0.5) is 0 Å². The predicted octanol–water partition coefficient (Wildman–Crippen LogP) is 14.5. The zero-order valence-electron chi connectivity index (χ0n) is 32.0. The van der Waals surface area contributed by atoms with E-state index in [0.29, 0.717) is 5.82 Å². The van der Waals surface area contributed by atoms with Crippen LogP contribution in [0.25, 0.3) is 89.5 Å². The third-order valence-corrected chi connectivity index (χ3v) is 11.5. The van der Waals surface area contributed by atoms with Crippen LogP contribution in [0.5, 0.6) is 0 Å². The summed E-state index contributed by atoms with van der Waals surface area (Å²) in [5.74, 6) is 0.698. The maximum Gasteiger partial charge on any atom is 0.160 e. The lowest BCUT2D eigenvalue weighted by Gasteiger charge is -2.21. The molecule has 0 amide bonds. The van der Waals surface area contributed by atoms with Gasteiger partial charge in [-0.15, -0.1) is 0 Å². The molecule has 0 saturated heterocycles. The molecular weight excluding hydrogens is 689 g/mol. The number of rotatable bonds is 7. The van der Waals surface area contributed by atoms with Crippen molar-refractivity contribution < 1.29 is 0 Å². The largest absolute Gasteiger partial charge is 0.228 e. The molecule has 1 aliphatic carbocycles. The van der Waals surface area contributed by atoms with E-state index >= 15 is 0 Å². The molecule has 1 heterocycles. The molecule has 0 unspecified atom stereocenters. The molecule has 0 bridgehead atoms. The summed E-state index contributed by atoms with van der Waals surface area (Å²) in [5, 5.41) is 0. The monoisotopic (exact) mass is 728 g/mol. The molecular formula is C55H40N2. The van der Waals surface area contributed by atoms with Crippen LogP contribution in [0.1, 0.15) is 25.0 Å². The number of aromatic nitrogens is 2. The van der Waals surface area contributed by atoms with Crippen LogP contribution in [0.2, 0.25) is 0 Å². The lowest BCUT2D eigenvalue weighted by molar-refractivity contribution is 0.660. The molecule has 0 fully saturated rings. The van der Waals surface area contributed by atoms with Crippen molar-refractivity contribution in [3.05, 3.63) is 217 Å². The Morgan fingerprint density at radius 2 is 0.684 bits per heavy atom. The molecule has 8 aromatic carbocycles. The molecule has 9 aromatic rings. The first-order valence-corrected chi connectivity index (χ1v) is 19.6. The fourth-order valence-electron chi connectivity index (χ4n) is 8.41. The number of hydrogen-bond acceptors (Lipinski definition) is 2. The van der Waals surface area contributed by atoms with Crippen LogP contribution in [-0.4, -0.2) is 9.97 Å². The lowest BCUT2D eigenvalue weighted by atomic mass is 9.82. The van der Waals surface area contributed by atoms with Gasteiger partial charge in [0, 0.05) is 22.1 Å². The Morgan fingerprint density at radius 1 is 0.281 bits per heavy atom. The van der Waals surface area contributed by atoms with Crippen LogP contribution in [0.15, 0.2) is 206 Å². The van der Waals surface area contributed by atoms with Gasteiger partial charge in [-0.2, -0.15) is 0 Å². The second-order valence-corrected chi connectivity index (χ2v) is 15.4. The van der Waals surface area contributed by atoms with E-state index in [1.54, 1.807) is 0 Å². The van der Waals surface area contributed by atoms with E-state index in [1.165, 1.54) is 50.1 Å². The maximum absolute atomic E-state index is 5.18. The highest BCUT2D eigenvalue weighted by atomic mass is 14.9. The molecule has 0 saturated carbocycles. The predicted molar refractivity (Wildman–Crippen MR) is 238 cm³/mol. The van der Waals surface area contributed by atoms with Crippen molar-refractivity contribution in [3.8, 4) is 89.5 Å². The van der Waals surface area contributed by atoms with Gasteiger partial charge in [0.2, 0.25) is 0 Å². The van der Waals surface area contributed by atoms with Gasteiger partial charge in [0.25, 0.3) is 0 Å². The van der Waals surface area contributed by atoms with Gasteiger partial charge in [0.15, 0.2) is 5.82 Å². The molecule has 0 spiro atoms. The molecule has 2 nitrogen and oxygen atoms in total. The third-order valence-electron chi connectivity index (χ3n) is 11.5. The average Bonchev–Trinajstić information content (AvgIpc) is 3.52. The standard InChI is InChI=1S/C55H40N2/c1-55(2)50-22-10-9-21-48(50)49-35-46(31-32-51(49)55)45-19-11-17-43(33-45)40-23-27-41(28-24-40)52-36-53(47-20-12-18-44(34-47)38-15-7-4-8-16-38)57-54(56-52)42-29-25-39(26-30-42)37-13-5-3-6-14-37/h3-36H,1-2H3. The highest BCUT2D eigenvalue weighted by Gasteiger charge is 2.35. The summed E-state index contributed by atoms with van der Waals surface area (Å²) < 4.78 is 0. The Morgan fingerprint density at radius 3 is 1.35 bits per heavy atom. The summed E-state index contributed by atoms with van der Waals surface area (Å²) in [6, 6.07) is 73.8. The molecule has 2 heteroatoms. The first kappa shape index (κ1) is 34.3. The van der Waals surface area contributed by atoms with Crippen LogP contribution in [0, 0.1) is 0 Å². The summed E-state index contributed by atoms with van der Waals surface area (Å²) in [4.78, 5) is 10.4. The van der Waals surface area contributed by atoms with Gasteiger partial charge >= 0.3 is 0 Å². The van der Waals surface area contributed by atoms with Gasteiger partial charge in [0.05, 0.1) is 11.4 Å². The van der Waals surface area contributed by atoms with Crippen molar-refractivity contribution in [2.45, 2.75) is 19.3 Å². The van der Waals surface area contributed by atoms with Crippen molar-refractivity contribution in [3.63, 3.8) is 0 Å². The molecule has 0 radical (unpaired) electrons. The minimum Gasteiger partial charge on any atom is -0.228 e. The first-order valence-electron chi connectivity index (χ1n) is 19.6. The minimum absolute atomic E-state index is 0.00154. The fourth-order valence-corrected chi connectivity index (χ4v) is 8.41. The molecule has 270 valence electrons. The van der Waals surface area contributed by atoms with Gasteiger partial charge in [0.1, 0.15) is 0 Å². The highest BCUT2D eigenvalue weighted by molar-refractivity contribution is 5.85. The number of hydrogen-bond donors (Lipinski definition) is 0. The van der Waals surface area contributed by atoms with E-state index in [0.717, 1.165) is 44.8 Å². The summed E-state index contributed by atoms with van der Waals surface area (Å²) in [7, 11) is 0. The van der Waals surface area contributed by atoms with Gasteiger partial charge in [-0.05, 0) is 91.0 Å². The smallest absolute Gasteiger partial charge is 0.160 e. The molecule has 57 heavy (non-hydrogen) atoms. The minimum atomic E-state index is -0.00154. The van der Waals surface area contributed by atoms with Crippen molar-refractivity contribution in [1.82, 2.24) is 9.97 Å². The third kappa shape index (κ3) is 6.46. The van der Waals surface area contributed by atoms with Gasteiger partial charge < -0.3 is 0 Å². The Balaban J connectivity index is 1.00. The van der Waals surface area contributed by atoms with Crippen LogP contribution in [-0.2, 0) is 5.41 Å². The fraction of sp³-hybridized carbons (Fsp3) is 0.0545. The van der Waals surface area contributed by atoms with Crippen LogP contribution >= 0.6 is 0 Å². The summed E-state index contributed by atoms with van der Waals surface area (Å²) in [6.07, 6.45) is 0. The Labute approximate surface area is 334 Å². The van der Waals surface area contributed by atoms with Crippen molar-refractivity contribution in [2.75, 3.05) is 0 Å². The van der Waals surface area contributed by atoms with Gasteiger partial charge in [-0.3, -0.25) is 0 Å². The second-order valence-electron chi connectivity index (χ2n) is 15.4. The highest BCUT2D eigenvalue weighted by Crippen LogP contribution is 2.49. The molecule has 1 aromatic heterocycles. The van der Waals surface area contributed by atoms with Crippen molar-refractivity contribution >= 4 is 0 Å². The molecule has 0 atom stereocenters. The SMILES string of the molecule is CC1(C)c2ccccc2-c2cc(-c3cccc(-c4ccc(-c5cc(-c6cccc(-c7ccccc7)c6)nc(-c6ccc(-c7ccccc7)cc6)n5)cc4)c3)ccc21. The zero-order valence-corrected chi connectivity index (χ0v) is 32.0. The lowest BCUT2D eigenvalue weighted by Crippen LogP contribution is -2.14. The van der Waals surface area contributed by atoms with Crippen molar-refractivity contribution in [1.29, 1.82) is 0 Å². The Bertz CT molecular complexity index is 2890. The summed E-state index contributed by atoms with van der Waals surface area (Å²) >= 11 is 0. The van der Waals surface area contributed by atoms with E-state index < -0.39 is 0 Å². The Kier molecular flexibility index (Phi) is 8.53. The first-order chi connectivity index (χ1) is 28.0. The average molecular weight is 729 g/mol. The van der Waals surface area contributed by atoms with E-state index in [9.17, 15) is 0 Å². The van der Waals surface area contributed by atoms with E-state index in [1.807, 2.05) is 6.07 Å². The van der Waals surface area contributed by atoms with E-state index in [-0.39, 0.29) is 5.41 Å². The van der Waals surface area contributed by atoms with Crippen LogP contribution in [0.3, 0.4) is 0 Å². The summed E-state index contributed by atoms with van der Waals surface area (Å²) in [5.41, 5.74) is 19.8. The molecule has 0 aliphatic heterocycles. The van der Waals surface area contributed by atoms with E-state index in [4.69, 9.17) is 9.97 Å². The van der Waals surface area contributed by atoms with Gasteiger partial charge in [-0.25, -0.2) is 9.97 Å². The molecule has 0 N–H and O–H groups in total. The topological polar surface area (TPSA) is 25.8 Å². The second kappa shape index (κ2) is 14.2. The van der Waals surface area contributed by atoms with Crippen LogP contribution < -0.4 is 0 Å².